The third-order valence-corrected chi connectivity index (χ3v) is 5.05. The van der Waals surface area contributed by atoms with Gasteiger partial charge in [0, 0.05) is 38.0 Å². The summed E-state index contributed by atoms with van der Waals surface area (Å²) in [5, 5.41) is 10.1. The molecule has 2 aromatic heterocycles. The van der Waals surface area contributed by atoms with Gasteiger partial charge in [0.15, 0.2) is 5.52 Å². The molecule has 1 saturated heterocycles. The van der Waals surface area contributed by atoms with Gasteiger partial charge < -0.3 is 14.8 Å². The summed E-state index contributed by atoms with van der Waals surface area (Å²) in [6, 6.07) is 5.24. The van der Waals surface area contributed by atoms with Gasteiger partial charge >= 0.3 is 0 Å². The van der Waals surface area contributed by atoms with E-state index < -0.39 is 5.56 Å². The van der Waals surface area contributed by atoms with Crippen molar-refractivity contribution in [1.29, 1.82) is 0 Å². The molecule has 27 heavy (non-hydrogen) atoms. The van der Waals surface area contributed by atoms with Gasteiger partial charge in [-0.25, -0.2) is 0 Å². The SMILES string of the molecule is CN1CCN(C(=O)CCc2ccc3c(=O)c4[nH]nnc4c(=O)[nH]c3c2)CC1. The number of aromatic amines is 2. The van der Waals surface area contributed by atoms with Crippen molar-refractivity contribution in [2.75, 3.05) is 33.2 Å². The van der Waals surface area contributed by atoms with E-state index in [4.69, 9.17) is 0 Å². The number of fused-ring (bicyclic) bond motifs is 2. The lowest BCUT2D eigenvalue weighted by Crippen LogP contribution is -2.47. The molecular weight excluding hydrogens is 348 g/mol. The average Bonchev–Trinajstić information content (AvgIpc) is 3.13. The van der Waals surface area contributed by atoms with Gasteiger partial charge in [-0.05, 0) is 31.2 Å². The lowest BCUT2D eigenvalue weighted by Gasteiger charge is -2.32. The molecule has 9 nitrogen and oxygen atoms in total. The summed E-state index contributed by atoms with van der Waals surface area (Å²) in [6.07, 6.45) is 0.947. The zero-order valence-corrected chi connectivity index (χ0v) is 15.0. The minimum absolute atomic E-state index is 0.0111. The number of nitrogens with zero attached hydrogens (tertiary/aromatic N) is 4. The van der Waals surface area contributed by atoms with E-state index in [0.29, 0.717) is 23.7 Å². The number of likely N-dealkylation sites (N-methyl/N-ethyl adjacent to an activating group) is 1. The van der Waals surface area contributed by atoms with Crippen molar-refractivity contribution in [3.63, 3.8) is 0 Å². The van der Waals surface area contributed by atoms with Crippen molar-refractivity contribution in [2.45, 2.75) is 12.8 Å². The Morgan fingerprint density at radius 3 is 2.74 bits per heavy atom. The Balaban J connectivity index is 1.59. The molecule has 4 rings (SSSR count). The quantitative estimate of drug-likeness (QED) is 0.665. The Morgan fingerprint density at radius 2 is 1.96 bits per heavy atom. The topological polar surface area (TPSA) is 115 Å². The van der Waals surface area contributed by atoms with Gasteiger partial charge in [0.05, 0.1) is 5.52 Å². The maximum absolute atomic E-state index is 12.6. The third-order valence-electron chi connectivity index (χ3n) is 5.05. The number of aromatic nitrogens is 4. The van der Waals surface area contributed by atoms with Gasteiger partial charge in [0.1, 0.15) is 5.52 Å². The summed E-state index contributed by atoms with van der Waals surface area (Å²) in [5.74, 6) is 0.128. The molecule has 1 fully saturated rings. The Morgan fingerprint density at radius 1 is 1.19 bits per heavy atom. The van der Waals surface area contributed by atoms with Crippen molar-refractivity contribution < 1.29 is 4.79 Å². The maximum Gasteiger partial charge on any atom is 0.278 e. The largest absolute Gasteiger partial charge is 0.340 e. The normalized spacial score (nSPS) is 15.5. The van der Waals surface area contributed by atoms with Crippen LogP contribution in [-0.2, 0) is 11.2 Å². The van der Waals surface area contributed by atoms with Crippen molar-refractivity contribution >= 4 is 27.8 Å². The first-order valence-corrected chi connectivity index (χ1v) is 8.89. The first kappa shape index (κ1) is 17.3. The number of H-pyrrole nitrogens is 2. The molecule has 0 aliphatic carbocycles. The van der Waals surface area contributed by atoms with Crippen LogP contribution in [0.5, 0.6) is 0 Å². The highest BCUT2D eigenvalue weighted by atomic mass is 16.2. The van der Waals surface area contributed by atoms with Crippen molar-refractivity contribution in [1.82, 2.24) is 30.2 Å². The van der Waals surface area contributed by atoms with Crippen LogP contribution in [0, 0.1) is 0 Å². The number of hydrogen-bond donors (Lipinski definition) is 2. The van der Waals surface area contributed by atoms with E-state index in [1.807, 2.05) is 11.0 Å². The number of amides is 1. The van der Waals surface area contributed by atoms with Crippen LogP contribution in [0.2, 0.25) is 0 Å². The Labute approximate surface area is 154 Å². The van der Waals surface area contributed by atoms with E-state index in [1.165, 1.54) is 0 Å². The summed E-state index contributed by atoms with van der Waals surface area (Å²) in [6.45, 7) is 3.29. The van der Waals surface area contributed by atoms with Gasteiger partial charge in [0.25, 0.3) is 5.56 Å². The molecule has 3 aromatic rings. The molecule has 0 atom stereocenters. The molecule has 1 aromatic carbocycles. The monoisotopic (exact) mass is 368 g/mol. The minimum atomic E-state index is -0.475. The predicted octanol–water partition coefficient (Wildman–Crippen LogP) is -0.134. The lowest BCUT2D eigenvalue weighted by molar-refractivity contribution is -0.132. The Kier molecular flexibility index (Phi) is 4.44. The van der Waals surface area contributed by atoms with E-state index in [0.717, 1.165) is 31.7 Å². The predicted molar refractivity (Wildman–Crippen MR) is 101 cm³/mol. The minimum Gasteiger partial charge on any atom is -0.340 e. The standard InChI is InChI=1S/C18H20N6O3/c1-23-6-8-24(9-7-23)14(25)5-3-11-2-4-12-13(10-11)19-18(27)16-15(17(12)26)20-22-21-16/h2,4,10H,3,5-9H2,1H3,(H,19,27)(H,20,21,22). The zero-order chi connectivity index (χ0) is 19.0. The number of rotatable bonds is 3. The van der Waals surface area contributed by atoms with Crippen LogP contribution in [0.25, 0.3) is 21.9 Å². The third kappa shape index (κ3) is 3.33. The maximum atomic E-state index is 12.6. The molecular formula is C18H20N6O3. The Bertz CT molecular complexity index is 1130. The number of carbonyl (C=O) groups excluding carboxylic acids is 1. The van der Waals surface area contributed by atoms with Gasteiger partial charge in [-0.3, -0.25) is 19.5 Å². The fourth-order valence-corrected chi connectivity index (χ4v) is 3.37. The van der Waals surface area contributed by atoms with Crippen LogP contribution in [-0.4, -0.2) is 69.3 Å². The molecule has 3 heterocycles. The fourth-order valence-electron chi connectivity index (χ4n) is 3.37. The molecule has 0 radical (unpaired) electrons. The summed E-state index contributed by atoms with van der Waals surface area (Å²) in [4.78, 5) is 44.0. The van der Waals surface area contributed by atoms with Crippen LogP contribution in [0.3, 0.4) is 0 Å². The highest BCUT2D eigenvalue weighted by Gasteiger charge is 2.18. The molecule has 140 valence electrons. The van der Waals surface area contributed by atoms with Gasteiger partial charge in [-0.15, -0.1) is 5.10 Å². The molecule has 0 spiro atoms. The van der Waals surface area contributed by atoms with E-state index in [-0.39, 0.29) is 22.4 Å². The fraction of sp³-hybridized carbons (Fsp3) is 0.389. The molecule has 0 bridgehead atoms. The number of benzene rings is 1. The second-order valence-electron chi connectivity index (χ2n) is 6.88. The van der Waals surface area contributed by atoms with E-state index in [9.17, 15) is 14.4 Å². The summed E-state index contributed by atoms with van der Waals surface area (Å²) < 4.78 is 0. The zero-order valence-electron chi connectivity index (χ0n) is 15.0. The Hall–Kier alpha value is -3.07. The van der Waals surface area contributed by atoms with Crippen LogP contribution in [0.4, 0.5) is 0 Å². The molecule has 1 aliphatic heterocycles. The highest BCUT2D eigenvalue weighted by molar-refractivity contribution is 5.86. The van der Waals surface area contributed by atoms with Gasteiger partial charge in [0.2, 0.25) is 11.3 Å². The number of hydrogen-bond acceptors (Lipinski definition) is 6. The van der Waals surface area contributed by atoms with Gasteiger partial charge in [-0.2, -0.15) is 0 Å². The van der Waals surface area contributed by atoms with Crippen LogP contribution < -0.4 is 11.0 Å². The molecule has 0 saturated carbocycles. The van der Waals surface area contributed by atoms with E-state index in [2.05, 4.69) is 32.3 Å². The summed E-state index contributed by atoms with van der Waals surface area (Å²) in [5.41, 5.74) is 0.592. The first-order valence-electron chi connectivity index (χ1n) is 8.89. The van der Waals surface area contributed by atoms with Crippen molar-refractivity contribution in [3.05, 3.63) is 44.3 Å². The van der Waals surface area contributed by atoms with E-state index in [1.54, 1.807) is 12.1 Å². The second-order valence-corrected chi connectivity index (χ2v) is 6.88. The smallest absolute Gasteiger partial charge is 0.278 e. The number of carbonyl (C=O) groups is 1. The summed E-state index contributed by atoms with van der Waals surface area (Å²) in [7, 11) is 2.05. The first-order chi connectivity index (χ1) is 13.0. The molecule has 1 aliphatic rings. The molecule has 9 heteroatoms. The molecule has 2 N–H and O–H groups in total. The van der Waals surface area contributed by atoms with Crippen LogP contribution in [0.15, 0.2) is 27.8 Å². The summed E-state index contributed by atoms with van der Waals surface area (Å²) >= 11 is 0. The number of aryl methyl sites for hydroxylation is 1. The number of piperazine rings is 1. The van der Waals surface area contributed by atoms with Crippen LogP contribution in [0.1, 0.15) is 12.0 Å². The van der Waals surface area contributed by atoms with Gasteiger partial charge in [-0.1, -0.05) is 11.3 Å². The average molecular weight is 368 g/mol. The van der Waals surface area contributed by atoms with Crippen LogP contribution >= 0.6 is 0 Å². The van der Waals surface area contributed by atoms with Crippen molar-refractivity contribution in [2.24, 2.45) is 0 Å². The van der Waals surface area contributed by atoms with Crippen molar-refractivity contribution in [3.8, 4) is 0 Å². The lowest BCUT2D eigenvalue weighted by atomic mass is 10.1. The second kappa shape index (κ2) is 6.92. The molecule has 1 amide bonds. The van der Waals surface area contributed by atoms with E-state index >= 15 is 0 Å². The molecule has 0 unspecified atom stereocenters. The highest BCUT2D eigenvalue weighted by Crippen LogP contribution is 2.13. The number of nitrogens with one attached hydrogen (secondary N) is 2.